The highest BCUT2D eigenvalue weighted by atomic mass is 19.2. The number of hydrogen-bond donors (Lipinski definition) is 0. The zero-order chi connectivity index (χ0) is 22.0. The Labute approximate surface area is 179 Å². The maximum Gasteiger partial charge on any atom is 0.167 e. The number of rotatable bonds is 5. The first-order chi connectivity index (χ1) is 15.0. The molecule has 0 bridgehead atoms. The van der Waals surface area contributed by atoms with Gasteiger partial charge in [0.1, 0.15) is 0 Å². The van der Waals surface area contributed by atoms with Crippen molar-refractivity contribution < 1.29 is 17.6 Å². The van der Waals surface area contributed by atoms with E-state index in [4.69, 9.17) is 0 Å². The van der Waals surface area contributed by atoms with E-state index in [1.165, 1.54) is 18.2 Å². The van der Waals surface area contributed by atoms with Gasteiger partial charge in [0.05, 0.1) is 0 Å². The Bertz CT molecular complexity index is 1160. The minimum absolute atomic E-state index is 0.114. The van der Waals surface area contributed by atoms with Gasteiger partial charge in [-0.05, 0) is 54.4 Å². The molecule has 1 aliphatic carbocycles. The summed E-state index contributed by atoms with van der Waals surface area (Å²) in [4.78, 5) is 0. The molecule has 0 aromatic heterocycles. The van der Waals surface area contributed by atoms with Crippen LogP contribution in [-0.2, 0) is 6.42 Å². The molecule has 4 rings (SSSR count). The molecule has 31 heavy (non-hydrogen) atoms. The van der Waals surface area contributed by atoms with Crippen LogP contribution in [0.2, 0.25) is 0 Å². The van der Waals surface area contributed by atoms with E-state index in [2.05, 4.69) is 6.58 Å². The predicted molar refractivity (Wildman–Crippen MR) is 117 cm³/mol. The van der Waals surface area contributed by atoms with Crippen LogP contribution in [0.4, 0.5) is 17.6 Å². The Morgan fingerprint density at radius 1 is 0.677 bits per heavy atom. The minimum atomic E-state index is -0.936. The highest BCUT2D eigenvalue weighted by molar-refractivity contribution is 5.74. The van der Waals surface area contributed by atoms with Gasteiger partial charge in [-0.2, -0.15) is 0 Å². The third kappa shape index (κ3) is 4.07. The summed E-state index contributed by atoms with van der Waals surface area (Å²) in [6.07, 6.45) is 7.39. The number of halogens is 4. The van der Waals surface area contributed by atoms with Crippen molar-refractivity contribution in [2.24, 2.45) is 0 Å². The normalized spacial score (nSPS) is 13.7. The second kappa shape index (κ2) is 8.93. The molecule has 0 unspecified atom stereocenters. The molecule has 0 nitrogen and oxygen atoms in total. The molecule has 3 aromatic carbocycles. The third-order valence-corrected chi connectivity index (χ3v) is 5.75. The third-order valence-electron chi connectivity index (χ3n) is 5.75. The van der Waals surface area contributed by atoms with Gasteiger partial charge in [0.25, 0.3) is 0 Å². The smallest absolute Gasteiger partial charge is 0.167 e. The van der Waals surface area contributed by atoms with Crippen molar-refractivity contribution in [1.29, 1.82) is 0 Å². The van der Waals surface area contributed by atoms with Gasteiger partial charge in [-0.3, -0.25) is 0 Å². The largest absolute Gasteiger partial charge is 0.203 e. The van der Waals surface area contributed by atoms with Gasteiger partial charge in [0, 0.05) is 16.7 Å². The molecule has 3 aromatic rings. The highest BCUT2D eigenvalue weighted by Gasteiger charge is 2.19. The first kappa shape index (κ1) is 21.1. The fraction of sp³-hybridized carbons (Fsp3) is 0.185. The van der Waals surface area contributed by atoms with Crippen molar-refractivity contribution in [2.75, 3.05) is 0 Å². The lowest BCUT2D eigenvalue weighted by atomic mass is 9.91. The number of allylic oxidation sites excluding steroid dienone is 3. The van der Waals surface area contributed by atoms with Crippen molar-refractivity contribution in [1.82, 2.24) is 0 Å². The van der Waals surface area contributed by atoms with Crippen LogP contribution in [0.15, 0.2) is 67.3 Å². The molecule has 4 heteroatoms. The van der Waals surface area contributed by atoms with E-state index in [0.717, 1.165) is 31.3 Å². The minimum Gasteiger partial charge on any atom is -0.203 e. The van der Waals surface area contributed by atoms with Gasteiger partial charge >= 0.3 is 0 Å². The predicted octanol–water partition coefficient (Wildman–Crippen LogP) is 8.26. The SMILES string of the molecule is C=CCc1ccc(-c2ccc(-c3ccc(C4=CCCCC4)c(F)c3F)cc2)c(F)c1F. The van der Waals surface area contributed by atoms with E-state index < -0.39 is 23.3 Å². The first-order valence-corrected chi connectivity index (χ1v) is 10.4. The summed E-state index contributed by atoms with van der Waals surface area (Å²) in [5.74, 6) is -3.58. The molecule has 0 heterocycles. The molecule has 0 atom stereocenters. The standard InChI is InChI=1S/C27H22F4/c1-2-6-20-13-14-21(25(29)24(20)28)18-9-11-19(12-10-18)23-16-15-22(26(30)27(23)31)17-7-4-3-5-8-17/h2,7,9-16H,1,3-6,8H2. The molecule has 1 aliphatic rings. The van der Waals surface area contributed by atoms with Crippen LogP contribution in [0.25, 0.3) is 27.8 Å². The summed E-state index contributed by atoms with van der Waals surface area (Å²) in [5.41, 5.74) is 2.57. The molecule has 0 saturated heterocycles. The van der Waals surface area contributed by atoms with Gasteiger partial charge in [0.2, 0.25) is 0 Å². The zero-order valence-corrected chi connectivity index (χ0v) is 17.0. The summed E-state index contributed by atoms with van der Waals surface area (Å²) < 4.78 is 58.4. The summed E-state index contributed by atoms with van der Waals surface area (Å²) in [6, 6.07) is 12.6. The Hall–Kier alpha value is -3.14. The molecule has 0 N–H and O–H groups in total. The van der Waals surface area contributed by atoms with E-state index in [-0.39, 0.29) is 23.1 Å². The Morgan fingerprint density at radius 2 is 1.23 bits per heavy atom. The molecule has 158 valence electrons. The molecule has 0 fully saturated rings. The van der Waals surface area contributed by atoms with Crippen molar-refractivity contribution in [3.8, 4) is 22.3 Å². The van der Waals surface area contributed by atoms with Gasteiger partial charge in [-0.15, -0.1) is 6.58 Å². The highest BCUT2D eigenvalue weighted by Crippen LogP contribution is 2.34. The van der Waals surface area contributed by atoms with E-state index in [9.17, 15) is 17.6 Å². The molecule has 0 spiro atoms. The fourth-order valence-electron chi connectivity index (χ4n) is 4.06. The molecule has 0 saturated carbocycles. The summed E-state index contributed by atoms with van der Waals surface area (Å²) >= 11 is 0. The lowest BCUT2D eigenvalue weighted by Crippen LogP contribution is -1.99. The van der Waals surface area contributed by atoms with Gasteiger partial charge in [0.15, 0.2) is 23.3 Å². The van der Waals surface area contributed by atoms with Crippen LogP contribution >= 0.6 is 0 Å². The van der Waals surface area contributed by atoms with E-state index in [0.29, 0.717) is 16.7 Å². The van der Waals surface area contributed by atoms with Crippen LogP contribution in [0.1, 0.15) is 36.8 Å². The Morgan fingerprint density at radius 3 is 1.81 bits per heavy atom. The van der Waals surface area contributed by atoms with Crippen LogP contribution in [0.5, 0.6) is 0 Å². The van der Waals surface area contributed by atoms with Crippen molar-refractivity contribution in [3.05, 3.63) is 102 Å². The second-order valence-electron chi connectivity index (χ2n) is 7.73. The Kier molecular flexibility index (Phi) is 6.08. The van der Waals surface area contributed by atoms with E-state index in [1.54, 1.807) is 36.4 Å². The Balaban J connectivity index is 1.66. The first-order valence-electron chi connectivity index (χ1n) is 10.4. The van der Waals surface area contributed by atoms with Crippen LogP contribution in [0, 0.1) is 23.3 Å². The molecule has 0 radical (unpaired) electrons. The molecular weight excluding hydrogens is 400 g/mol. The monoisotopic (exact) mass is 422 g/mol. The lowest BCUT2D eigenvalue weighted by molar-refractivity contribution is 0.503. The van der Waals surface area contributed by atoms with Gasteiger partial charge < -0.3 is 0 Å². The molecule has 0 amide bonds. The van der Waals surface area contributed by atoms with Gasteiger partial charge in [-0.25, -0.2) is 17.6 Å². The van der Waals surface area contributed by atoms with Crippen LogP contribution < -0.4 is 0 Å². The lowest BCUT2D eigenvalue weighted by Gasteiger charge is -2.15. The maximum absolute atomic E-state index is 14.8. The van der Waals surface area contributed by atoms with Gasteiger partial charge in [-0.1, -0.05) is 60.7 Å². The maximum atomic E-state index is 14.8. The number of benzene rings is 3. The second-order valence-corrected chi connectivity index (χ2v) is 7.73. The summed E-state index contributed by atoms with van der Waals surface area (Å²) in [7, 11) is 0. The van der Waals surface area contributed by atoms with Crippen LogP contribution in [-0.4, -0.2) is 0 Å². The van der Waals surface area contributed by atoms with E-state index in [1.807, 2.05) is 6.08 Å². The van der Waals surface area contributed by atoms with Crippen LogP contribution in [0.3, 0.4) is 0 Å². The average molecular weight is 422 g/mol. The number of hydrogen-bond acceptors (Lipinski definition) is 0. The molecular formula is C27H22F4. The van der Waals surface area contributed by atoms with Crippen molar-refractivity contribution >= 4 is 5.57 Å². The van der Waals surface area contributed by atoms with Crippen molar-refractivity contribution in [2.45, 2.75) is 32.1 Å². The fourth-order valence-corrected chi connectivity index (χ4v) is 4.06. The molecule has 0 aliphatic heterocycles. The topological polar surface area (TPSA) is 0 Å². The zero-order valence-electron chi connectivity index (χ0n) is 17.0. The quantitative estimate of drug-likeness (QED) is 0.287. The summed E-state index contributed by atoms with van der Waals surface area (Å²) in [6.45, 7) is 3.54. The average Bonchev–Trinajstić information content (AvgIpc) is 2.80. The summed E-state index contributed by atoms with van der Waals surface area (Å²) in [5, 5.41) is 0. The van der Waals surface area contributed by atoms with E-state index >= 15 is 0 Å². The van der Waals surface area contributed by atoms with Crippen molar-refractivity contribution in [3.63, 3.8) is 0 Å².